The van der Waals surface area contributed by atoms with Crippen LogP contribution in [0.1, 0.15) is 33.6 Å². The number of aromatic nitrogens is 1. The van der Waals surface area contributed by atoms with Crippen molar-refractivity contribution in [3.63, 3.8) is 0 Å². The van der Waals surface area contributed by atoms with Gasteiger partial charge < -0.3 is 10.6 Å². The quantitative estimate of drug-likeness (QED) is 0.375. The first-order valence-electron chi connectivity index (χ1n) is 8.19. The Labute approximate surface area is 170 Å². The van der Waals surface area contributed by atoms with Crippen LogP contribution in [0.3, 0.4) is 0 Å². The fourth-order valence-electron chi connectivity index (χ4n) is 2.42. The van der Waals surface area contributed by atoms with Gasteiger partial charge in [-0.25, -0.2) is 14.4 Å². The molecule has 0 bridgehead atoms. The summed E-state index contributed by atoms with van der Waals surface area (Å²) >= 11 is 1.75. The van der Waals surface area contributed by atoms with Gasteiger partial charge in [-0.15, -0.1) is 35.3 Å². The molecule has 138 valence electrons. The van der Waals surface area contributed by atoms with Gasteiger partial charge in [0.25, 0.3) is 0 Å². The Hall–Kier alpha value is -1.22. The van der Waals surface area contributed by atoms with Crippen molar-refractivity contribution in [1.29, 1.82) is 0 Å². The lowest BCUT2D eigenvalue weighted by Crippen LogP contribution is -2.38. The molecule has 2 N–H and O–H groups in total. The van der Waals surface area contributed by atoms with E-state index in [1.807, 2.05) is 19.9 Å². The minimum Gasteiger partial charge on any atom is -0.357 e. The molecule has 0 saturated heterocycles. The van der Waals surface area contributed by atoms with Gasteiger partial charge in [-0.1, -0.05) is 12.1 Å². The summed E-state index contributed by atoms with van der Waals surface area (Å²) in [6.07, 6.45) is 0.928. The molecular weight excluding hydrogens is 450 g/mol. The molecular formula is C18H26FIN4S. The lowest BCUT2D eigenvalue weighted by Gasteiger charge is -2.11. The van der Waals surface area contributed by atoms with Gasteiger partial charge in [-0.3, -0.25) is 0 Å². The Kier molecular flexibility index (Phi) is 9.34. The van der Waals surface area contributed by atoms with Crippen LogP contribution in [0, 0.1) is 26.6 Å². The summed E-state index contributed by atoms with van der Waals surface area (Å²) in [5.74, 6) is 0.598. The van der Waals surface area contributed by atoms with Crippen LogP contribution in [0.4, 0.5) is 4.39 Å². The standard InChI is InChI=1S/C18H25FN4S.HI/c1-5-20-18(21-9-8-17-13(3)23-14(4)24-17)22-11-15-6-7-16(19)12(2)10-15;/h6-7,10H,5,8-9,11H2,1-4H3,(H2,20,21,22);1H. The van der Waals surface area contributed by atoms with E-state index in [-0.39, 0.29) is 29.8 Å². The zero-order valence-corrected chi connectivity index (χ0v) is 18.3. The zero-order chi connectivity index (χ0) is 17.5. The molecule has 25 heavy (non-hydrogen) atoms. The number of benzene rings is 1. The average Bonchev–Trinajstić information content (AvgIpc) is 2.86. The Bertz CT molecular complexity index is 715. The maximum absolute atomic E-state index is 13.3. The highest BCUT2D eigenvalue weighted by Gasteiger charge is 2.05. The number of nitrogens with zero attached hydrogens (tertiary/aromatic N) is 2. The molecule has 0 atom stereocenters. The van der Waals surface area contributed by atoms with Crippen LogP contribution in [0.15, 0.2) is 23.2 Å². The van der Waals surface area contributed by atoms with E-state index in [9.17, 15) is 4.39 Å². The molecule has 0 amide bonds. The Balaban J connectivity index is 0.00000312. The lowest BCUT2D eigenvalue weighted by atomic mass is 10.1. The largest absolute Gasteiger partial charge is 0.357 e. The topological polar surface area (TPSA) is 49.3 Å². The van der Waals surface area contributed by atoms with E-state index in [0.717, 1.165) is 41.7 Å². The van der Waals surface area contributed by atoms with E-state index in [0.29, 0.717) is 12.1 Å². The Morgan fingerprint density at radius 1 is 1.24 bits per heavy atom. The number of halogens is 2. The van der Waals surface area contributed by atoms with Crippen molar-refractivity contribution in [3.8, 4) is 0 Å². The second-order valence-corrected chi connectivity index (χ2v) is 6.98. The minimum atomic E-state index is -0.178. The Morgan fingerprint density at radius 2 is 2.00 bits per heavy atom. The van der Waals surface area contributed by atoms with Crippen LogP contribution in [-0.4, -0.2) is 24.0 Å². The fraction of sp³-hybridized carbons (Fsp3) is 0.444. The molecule has 4 nitrogen and oxygen atoms in total. The molecule has 0 radical (unpaired) electrons. The Morgan fingerprint density at radius 3 is 2.60 bits per heavy atom. The van der Waals surface area contributed by atoms with Crippen molar-refractivity contribution in [2.75, 3.05) is 13.1 Å². The monoisotopic (exact) mass is 476 g/mol. The molecule has 0 fully saturated rings. The summed E-state index contributed by atoms with van der Waals surface area (Å²) in [5, 5.41) is 7.69. The maximum Gasteiger partial charge on any atom is 0.191 e. The predicted molar refractivity (Wildman–Crippen MR) is 115 cm³/mol. The highest BCUT2D eigenvalue weighted by atomic mass is 127. The molecule has 1 aromatic heterocycles. The fourth-order valence-corrected chi connectivity index (χ4v) is 3.35. The number of thiazole rings is 1. The van der Waals surface area contributed by atoms with Crippen LogP contribution in [0.25, 0.3) is 0 Å². The third-order valence-corrected chi connectivity index (χ3v) is 4.76. The summed E-state index contributed by atoms with van der Waals surface area (Å²) in [4.78, 5) is 10.3. The van der Waals surface area contributed by atoms with Gasteiger partial charge in [-0.2, -0.15) is 0 Å². The van der Waals surface area contributed by atoms with Gasteiger partial charge >= 0.3 is 0 Å². The number of guanidine groups is 1. The average molecular weight is 476 g/mol. The van der Waals surface area contributed by atoms with E-state index in [4.69, 9.17) is 0 Å². The van der Waals surface area contributed by atoms with E-state index in [2.05, 4.69) is 27.5 Å². The first kappa shape index (κ1) is 21.8. The number of aryl methyl sites for hydroxylation is 3. The molecule has 2 rings (SSSR count). The van der Waals surface area contributed by atoms with Gasteiger partial charge in [0.1, 0.15) is 5.82 Å². The smallest absolute Gasteiger partial charge is 0.191 e. The highest BCUT2D eigenvalue weighted by Crippen LogP contribution is 2.17. The highest BCUT2D eigenvalue weighted by molar-refractivity contribution is 14.0. The van der Waals surface area contributed by atoms with Crippen molar-refractivity contribution in [2.24, 2.45) is 4.99 Å². The number of hydrogen-bond donors (Lipinski definition) is 2. The molecule has 0 unspecified atom stereocenters. The van der Waals surface area contributed by atoms with E-state index in [1.54, 1.807) is 24.3 Å². The summed E-state index contributed by atoms with van der Waals surface area (Å²) in [6.45, 7) is 10.0. The van der Waals surface area contributed by atoms with Gasteiger partial charge in [0.2, 0.25) is 0 Å². The number of nitrogens with one attached hydrogen (secondary N) is 2. The normalized spacial score (nSPS) is 11.2. The zero-order valence-electron chi connectivity index (χ0n) is 15.1. The first-order valence-corrected chi connectivity index (χ1v) is 9.01. The minimum absolute atomic E-state index is 0. The summed E-state index contributed by atoms with van der Waals surface area (Å²) < 4.78 is 13.3. The molecule has 1 heterocycles. The first-order chi connectivity index (χ1) is 11.5. The molecule has 0 saturated carbocycles. The third-order valence-electron chi connectivity index (χ3n) is 3.63. The van der Waals surface area contributed by atoms with E-state index >= 15 is 0 Å². The SMILES string of the molecule is CCNC(=NCc1ccc(F)c(C)c1)NCCc1sc(C)nc1C.I. The van der Waals surface area contributed by atoms with Crippen molar-refractivity contribution in [3.05, 3.63) is 50.7 Å². The van der Waals surface area contributed by atoms with E-state index < -0.39 is 0 Å². The molecule has 2 aromatic rings. The molecule has 0 spiro atoms. The van der Waals surface area contributed by atoms with E-state index in [1.165, 1.54) is 10.9 Å². The van der Waals surface area contributed by atoms with Crippen LogP contribution < -0.4 is 10.6 Å². The third kappa shape index (κ3) is 6.89. The van der Waals surface area contributed by atoms with Crippen LogP contribution in [-0.2, 0) is 13.0 Å². The number of aliphatic imine (C=N–C) groups is 1. The molecule has 0 aliphatic heterocycles. The van der Waals surface area contributed by atoms with Gasteiger partial charge in [0.05, 0.1) is 17.2 Å². The van der Waals surface area contributed by atoms with Crippen LogP contribution >= 0.6 is 35.3 Å². The van der Waals surface area contributed by atoms with Crippen molar-refractivity contribution < 1.29 is 4.39 Å². The van der Waals surface area contributed by atoms with Gasteiger partial charge in [0, 0.05) is 24.4 Å². The number of hydrogen-bond acceptors (Lipinski definition) is 3. The van der Waals surface area contributed by atoms with Gasteiger partial charge in [-0.05, 0) is 44.9 Å². The van der Waals surface area contributed by atoms with Crippen molar-refractivity contribution in [1.82, 2.24) is 15.6 Å². The summed E-state index contributed by atoms with van der Waals surface area (Å²) in [6, 6.07) is 5.11. The van der Waals surface area contributed by atoms with Crippen LogP contribution in [0.2, 0.25) is 0 Å². The van der Waals surface area contributed by atoms with Crippen LogP contribution in [0.5, 0.6) is 0 Å². The summed E-state index contributed by atoms with van der Waals surface area (Å²) in [5.41, 5.74) is 2.76. The lowest BCUT2D eigenvalue weighted by molar-refractivity contribution is 0.617. The molecule has 0 aliphatic carbocycles. The second kappa shape index (κ2) is 10.7. The van der Waals surface area contributed by atoms with Crippen molar-refractivity contribution in [2.45, 2.75) is 40.7 Å². The maximum atomic E-state index is 13.3. The molecule has 1 aromatic carbocycles. The predicted octanol–water partition coefficient (Wildman–Crippen LogP) is 4.12. The second-order valence-electron chi connectivity index (χ2n) is 5.70. The summed E-state index contributed by atoms with van der Waals surface area (Å²) in [7, 11) is 0. The van der Waals surface area contributed by atoms with Crippen molar-refractivity contribution >= 4 is 41.3 Å². The molecule has 0 aliphatic rings. The van der Waals surface area contributed by atoms with Gasteiger partial charge in [0.15, 0.2) is 5.96 Å². The number of rotatable bonds is 6. The molecule has 7 heteroatoms.